The highest BCUT2D eigenvalue weighted by Gasteiger charge is 2.09. The lowest BCUT2D eigenvalue weighted by Crippen LogP contribution is -2.23. The minimum Gasteiger partial charge on any atom is -0.459 e. The van der Waals surface area contributed by atoms with Gasteiger partial charge in [0.1, 0.15) is 13.2 Å². The molecule has 1 amide bonds. The van der Waals surface area contributed by atoms with E-state index in [1.54, 1.807) is 54.6 Å². The van der Waals surface area contributed by atoms with Crippen LogP contribution in [0.2, 0.25) is 5.02 Å². The number of amides is 1. The number of pyridine rings is 1. The van der Waals surface area contributed by atoms with Gasteiger partial charge in [0.2, 0.25) is 0 Å². The van der Waals surface area contributed by atoms with Crippen LogP contribution in [-0.4, -0.2) is 16.4 Å². The number of aryl methyl sites for hydroxylation is 1. The molecule has 0 fully saturated rings. The van der Waals surface area contributed by atoms with E-state index in [9.17, 15) is 14.4 Å². The van der Waals surface area contributed by atoms with E-state index in [1.807, 2.05) is 6.92 Å². The average molecular weight is 411 g/mol. The lowest BCUT2D eigenvalue weighted by molar-refractivity contribution is -0.145. The van der Waals surface area contributed by atoms with Crippen LogP contribution in [0.5, 0.6) is 0 Å². The van der Waals surface area contributed by atoms with Gasteiger partial charge in [-0.25, -0.2) is 0 Å². The van der Waals surface area contributed by atoms with Gasteiger partial charge in [-0.05, 0) is 54.4 Å². The third-order valence-electron chi connectivity index (χ3n) is 4.23. The minimum atomic E-state index is -0.516. The lowest BCUT2D eigenvalue weighted by atomic mass is 10.1. The molecule has 3 rings (SSSR count). The SMILES string of the molecule is Cc1cc(NC(=O)c2ccc(COC(=O)Cn3ccccc3=O)cc2)ccc1Cl. The van der Waals surface area contributed by atoms with Crippen LogP contribution in [0.25, 0.3) is 0 Å². The fourth-order valence-corrected chi connectivity index (χ4v) is 2.74. The molecule has 0 spiro atoms. The molecule has 29 heavy (non-hydrogen) atoms. The van der Waals surface area contributed by atoms with Crippen LogP contribution < -0.4 is 10.9 Å². The maximum atomic E-state index is 12.4. The predicted octanol–water partition coefficient (Wildman–Crippen LogP) is 3.81. The Balaban J connectivity index is 1.54. The van der Waals surface area contributed by atoms with Gasteiger partial charge in [0.25, 0.3) is 11.5 Å². The lowest BCUT2D eigenvalue weighted by Gasteiger charge is -2.09. The molecule has 0 bridgehead atoms. The zero-order chi connectivity index (χ0) is 20.8. The number of nitrogens with zero attached hydrogens (tertiary/aromatic N) is 1. The molecule has 1 aromatic heterocycles. The Hall–Kier alpha value is -3.38. The number of benzene rings is 2. The van der Waals surface area contributed by atoms with Gasteiger partial charge in [0, 0.05) is 28.5 Å². The number of esters is 1. The molecule has 6 nitrogen and oxygen atoms in total. The topological polar surface area (TPSA) is 77.4 Å². The summed E-state index contributed by atoms with van der Waals surface area (Å²) in [5.74, 6) is -0.767. The first-order valence-electron chi connectivity index (χ1n) is 8.90. The first kappa shape index (κ1) is 20.4. The molecule has 0 atom stereocenters. The van der Waals surface area contributed by atoms with Gasteiger partial charge in [-0.1, -0.05) is 29.8 Å². The average Bonchev–Trinajstić information content (AvgIpc) is 2.71. The Bertz CT molecular complexity index is 1090. The van der Waals surface area contributed by atoms with Gasteiger partial charge in [-0.2, -0.15) is 0 Å². The summed E-state index contributed by atoms with van der Waals surface area (Å²) >= 11 is 5.99. The number of ether oxygens (including phenoxy) is 1. The number of aromatic nitrogens is 1. The van der Waals surface area contributed by atoms with Gasteiger partial charge in [-0.3, -0.25) is 14.4 Å². The number of anilines is 1. The largest absolute Gasteiger partial charge is 0.459 e. The smallest absolute Gasteiger partial charge is 0.326 e. The maximum absolute atomic E-state index is 12.4. The van der Waals surface area contributed by atoms with Crippen LogP contribution in [0, 0.1) is 6.92 Å². The Kier molecular flexibility index (Phi) is 6.46. The summed E-state index contributed by atoms with van der Waals surface area (Å²) in [7, 11) is 0. The standard InChI is InChI=1S/C22H19ClN2O4/c1-15-12-18(9-10-19(15)23)24-22(28)17-7-5-16(6-8-17)14-29-21(27)13-25-11-3-2-4-20(25)26/h2-12H,13-14H2,1H3,(H,24,28). The second kappa shape index (κ2) is 9.21. The predicted molar refractivity (Wildman–Crippen MR) is 111 cm³/mol. The number of carbonyl (C=O) groups is 2. The highest BCUT2D eigenvalue weighted by atomic mass is 35.5. The molecule has 148 valence electrons. The molecule has 0 saturated carbocycles. The Morgan fingerprint density at radius 1 is 1.07 bits per heavy atom. The van der Waals surface area contributed by atoms with Crippen LogP contribution >= 0.6 is 11.6 Å². The van der Waals surface area contributed by atoms with E-state index in [4.69, 9.17) is 16.3 Å². The van der Waals surface area contributed by atoms with E-state index < -0.39 is 5.97 Å². The van der Waals surface area contributed by atoms with Crippen molar-refractivity contribution < 1.29 is 14.3 Å². The second-order valence-corrected chi connectivity index (χ2v) is 6.85. The van der Waals surface area contributed by atoms with E-state index >= 15 is 0 Å². The van der Waals surface area contributed by atoms with Crippen molar-refractivity contribution in [3.05, 3.63) is 98.9 Å². The van der Waals surface area contributed by atoms with Gasteiger partial charge < -0.3 is 14.6 Å². The van der Waals surface area contributed by atoms with E-state index in [1.165, 1.54) is 16.8 Å². The number of halogens is 1. The molecule has 3 aromatic rings. The van der Waals surface area contributed by atoms with Crippen molar-refractivity contribution in [2.24, 2.45) is 0 Å². The number of hydrogen-bond acceptors (Lipinski definition) is 4. The summed E-state index contributed by atoms with van der Waals surface area (Å²) in [6.07, 6.45) is 1.53. The fourth-order valence-electron chi connectivity index (χ4n) is 2.62. The van der Waals surface area contributed by atoms with Crippen molar-refractivity contribution in [2.45, 2.75) is 20.1 Å². The zero-order valence-electron chi connectivity index (χ0n) is 15.7. The number of rotatable bonds is 6. The summed E-state index contributed by atoms with van der Waals surface area (Å²) in [6, 6.07) is 16.7. The first-order chi connectivity index (χ1) is 13.9. The van der Waals surface area contributed by atoms with Crippen molar-refractivity contribution in [3.63, 3.8) is 0 Å². The fraction of sp³-hybridized carbons (Fsp3) is 0.136. The quantitative estimate of drug-likeness (QED) is 0.627. The summed E-state index contributed by atoms with van der Waals surface area (Å²) in [4.78, 5) is 35.9. The molecule has 0 aliphatic heterocycles. The summed E-state index contributed by atoms with van der Waals surface area (Å²) in [6.45, 7) is 1.77. The Morgan fingerprint density at radius 2 is 1.83 bits per heavy atom. The van der Waals surface area contributed by atoms with Crippen LogP contribution in [0.4, 0.5) is 5.69 Å². The monoisotopic (exact) mass is 410 g/mol. The van der Waals surface area contributed by atoms with E-state index in [0.29, 0.717) is 16.3 Å². The molecule has 0 saturated heterocycles. The molecule has 7 heteroatoms. The minimum absolute atomic E-state index is 0.0543. The third-order valence-corrected chi connectivity index (χ3v) is 4.65. The number of nitrogens with one attached hydrogen (secondary N) is 1. The normalized spacial score (nSPS) is 10.4. The highest BCUT2D eigenvalue weighted by molar-refractivity contribution is 6.31. The van der Waals surface area contributed by atoms with Crippen molar-refractivity contribution in [1.82, 2.24) is 4.57 Å². The molecule has 1 N–H and O–H groups in total. The second-order valence-electron chi connectivity index (χ2n) is 6.44. The van der Waals surface area contributed by atoms with Crippen LogP contribution in [0.3, 0.4) is 0 Å². The maximum Gasteiger partial charge on any atom is 0.326 e. The van der Waals surface area contributed by atoms with Crippen molar-refractivity contribution >= 4 is 29.2 Å². The molecule has 0 unspecified atom stereocenters. The first-order valence-corrected chi connectivity index (χ1v) is 9.28. The van der Waals surface area contributed by atoms with Crippen LogP contribution in [0.15, 0.2) is 71.7 Å². The van der Waals surface area contributed by atoms with Gasteiger partial charge in [0.05, 0.1) is 0 Å². The molecular weight excluding hydrogens is 392 g/mol. The highest BCUT2D eigenvalue weighted by Crippen LogP contribution is 2.20. The van der Waals surface area contributed by atoms with Crippen molar-refractivity contribution in [2.75, 3.05) is 5.32 Å². The molecular formula is C22H19ClN2O4. The zero-order valence-corrected chi connectivity index (χ0v) is 16.5. The van der Waals surface area contributed by atoms with Gasteiger partial charge in [-0.15, -0.1) is 0 Å². The van der Waals surface area contributed by atoms with Gasteiger partial charge >= 0.3 is 5.97 Å². The molecule has 2 aromatic carbocycles. The summed E-state index contributed by atoms with van der Waals surface area (Å²) in [5.41, 5.74) is 2.47. The third kappa shape index (κ3) is 5.56. The van der Waals surface area contributed by atoms with Crippen molar-refractivity contribution in [3.8, 4) is 0 Å². The van der Waals surface area contributed by atoms with E-state index in [2.05, 4.69) is 5.32 Å². The summed E-state index contributed by atoms with van der Waals surface area (Å²) in [5, 5.41) is 3.45. The molecule has 0 aliphatic carbocycles. The Morgan fingerprint density at radius 3 is 2.52 bits per heavy atom. The van der Waals surface area contributed by atoms with Gasteiger partial charge in [0.15, 0.2) is 0 Å². The van der Waals surface area contributed by atoms with Crippen LogP contribution in [-0.2, 0) is 22.7 Å². The Labute approximate surface area is 172 Å². The van der Waals surface area contributed by atoms with Crippen molar-refractivity contribution in [1.29, 1.82) is 0 Å². The number of carbonyl (C=O) groups excluding carboxylic acids is 2. The molecule has 0 aliphatic rings. The molecule has 1 heterocycles. The van der Waals surface area contributed by atoms with E-state index in [0.717, 1.165) is 11.1 Å². The molecule has 0 radical (unpaired) electrons. The van der Waals surface area contributed by atoms with Crippen LogP contribution in [0.1, 0.15) is 21.5 Å². The summed E-state index contributed by atoms with van der Waals surface area (Å²) < 4.78 is 6.47. The number of hydrogen-bond donors (Lipinski definition) is 1. The van der Waals surface area contributed by atoms with E-state index in [-0.39, 0.29) is 24.6 Å².